The quantitative estimate of drug-likeness (QED) is 0.260. The zero-order valence-electron chi connectivity index (χ0n) is 27.4. The summed E-state index contributed by atoms with van der Waals surface area (Å²) in [6.07, 6.45) is -4.05. The van der Waals surface area contributed by atoms with Crippen molar-refractivity contribution < 1.29 is 44.2 Å². The summed E-state index contributed by atoms with van der Waals surface area (Å²) in [7, 11) is 3.76. The van der Waals surface area contributed by atoms with Crippen LogP contribution in [0.25, 0.3) is 0 Å². The molecule has 2 aliphatic heterocycles. The predicted molar refractivity (Wildman–Crippen MR) is 159 cm³/mol. The number of hydrogen-bond donors (Lipinski definition) is 4. The lowest BCUT2D eigenvalue weighted by molar-refractivity contribution is -0.288. The van der Waals surface area contributed by atoms with Gasteiger partial charge in [0.15, 0.2) is 6.29 Å². The van der Waals surface area contributed by atoms with Gasteiger partial charge in [0.2, 0.25) is 0 Å². The van der Waals surface area contributed by atoms with Crippen molar-refractivity contribution in [3.8, 4) is 0 Å². The number of ketones is 1. The Morgan fingerprint density at radius 1 is 1.10 bits per heavy atom. The van der Waals surface area contributed by atoms with E-state index in [1.54, 1.807) is 20.8 Å². The van der Waals surface area contributed by atoms with Crippen molar-refractivity contribution in [2.45, 2.75) is 148 Å². The Hall–Kier alpha value is -1.18. The van der Waals surface area contributed by atoms with Crippen LogP contribution in [0, 0.1) is 11.8 Å². The number of aliphatic hydroxyl groups is 4. The first-order valence-electron chi connectivity index (χ1n) is 15.6. The number of esters is 1. The van der Waals surface area contributed by atoms with E-state index in [0.29, 0.717) is 13.0 Å². The highest BCUT2D eigenvalue weighted by atomic mass is 16.7. The number of likely N-dealkylation sites (N-methyl/N-ethyl adjacent to an activating group) is 2. The smallest absolute Gasteiger partial charge is 0.316 e. The van der Waals surface area contributed by atoms with Crippen LogP contribution in [0.5, 0.6) is 0 Å². The molecule has 2 aliphatic rings. The molecule has 0 bridgehead atoms. The first-order valence-corrected chi connectivity index (χ1v) is 15.6. The topological polar surface area (TPSA) is 149 Å². The molecule has 0 spiro atoms. The summed E-state index contributed by atoms with van der Waals surface area (Å²) in [5.74, 6) is -2.67. The lowest BCUT2D eigenvalue weighted by Gasteiger charge is -2.45. The van der Waals surface area contributed by atoms with E-state index in [0.717, 1.165) is 13.0 Å². The molecule has 2 saturated heterocycles. The number of hydrogen-bond acceptors (Lipinski definition) is 11. The first-order chi connectivity index (χ1) is 19.4. The lowest BCUT2D eigenvalue weighted by Crippen LogP contribution is -2.59. The van der Waals surface area contributed by atoms with Crippen molar-refractivity contribution in [1.82, 2.24) is 9.80 Å². The molecular formula is C31H58N2O9. The minimum Gasteiger partial charge on any atom is -0.459 e. The van der Waals surface area contributed by atoms with Gasteiger partial charge in [0.1, 0.15) is 35.6 Å². The largest absolute Gasteiger partial charge is 0.459 e. The summed E-state index contributed by atoms with van der Waals surface area (Å²) in [4.78, 5) is 30.6. The molecule has 12 atom stereocenters. The monoisotopic (exact) mass is 602 g/mol. The van der Waals surface area contributed by atoms with Crippen molar-refractivity contribution >= 4 is 11.8 Å². The van der Waals surface area contributed by atoms with Crippen LogP contribution >= 0.6 is 0 Å². The van der Waals surface area contributed by atoms with E-state index in [1.165, 1.54) is 13.8 Å². The van der Waals surface area contributed by atoms with Gasteiger partial charge in [0.25, 0.3) is 0 Å². The Morgan fingerprint density at radius 2 is 1.71 bits per heavy atom. The molecule has 4 N–H and O–H groups in total. The Morgan fingerprint density at radius 3 is 2.29 bits per heavy atom. The lowest BCUT2D eigenvalue weighted by atomic mass is 9.83. The third kappa shape index (κ3) is 8.94. The fourth-order valence-electron chi connectivity index (χ4n) is 6.50. The number of aliphatic hydroxyl groups excluding tert-OH is 2. The molecule has 0 amide bonds. The van der Waals surface area contributed by atoms with Crippen LogP contribution in [0.4, 0.5) is 0 Å². The van der Waals surface area contributed by atoms with Crippen LogP contribution < -0.4 is 0 Å². The molecule has 0 aromatic carbocycles. The van der Waals surface area contributed by atoms with E-state index in [1.807, 2.05) is 32.8 Å². The molecule has 246 valence electrons. The van der Waals surface area contributed by atoms with Gasteiger partial charge in [-0.15, -0.1) is 0 Å². The molecule has 0 aromatic heterocycles. The molecule has 2 rings (SSSR count). The van der Waals surface area contributed by atoms with Gasteiger partial charge >= 0.3 is 5.97 Å². The Balaban J connectivity index is 2.45. The molecule has 42 heavy (non-hydrogen) atoms. The Bertz CT molecular complexity index is 884. The first kappa shape index (κ1) is 37.0. The maximum atomic E-state index is 13.5. The van der Waals surface area contributed by atoms with Gasteiger partial charge in [-0.2, -0.15) is 0 Å². The van der Waals surface area contributed by atoms with Crippen LogP contribution in [0.2, 0.25) is 0 Å². The second kappa shape index (κ2) is 15.2. The fourth-order valence-corrected chi connectivity index (χ4v) is 6.50. The van der Waals surface area contributed by atoms with E-state index in [9.17, 15) is 30.0 Å². The second-order valence-electron chi connectivity index (χ2n) is 13.5. The van der Waals surface area contributed by atoms with E-state index in [2.05, 4.69) is 11.8 Å². The molecule has 0 radical (unpaired) electrons. The Labute approximate surface area is 252 Å². The van der Waals surface area contributed by atoms with E-state index in [4.69, 9.17) is 14.2 Å². The number of ether oxygens (including phenoxy) is 3. The zero-order valence-corrected chi connectivity index (χ0v) is 27.4. The van der Waals surface area contributed by atoms with Gasteiger partial charge in [0, 0.05) is 25.0 Å². The highest BCUT2D eigenvalue weighted by molar-refractivity contribution is 5.98. The number of carbonyl (C=O) groups excluding carboxylic acids is 2. The minimum absolute atomic E-state index is 0.118. The van der Waals surface area contributed by atoms with Gasteiger partial charge in [-0.3, -0.25) is 9.59 Å². The van der Waals surface area contributed by atoms with Crippen molar-refractivity contribution in [3.05, 3.63) is 0 Å². The number of cyclic esters (lactones) is 1. The van der Waals surface area contributed by atoms with Crippen LogP contribution in [0.15, 0.2) is 0 Å². The molecule has 0 aromatic rings. The maximum Gasteiger partial charge on any atom is 0.316 e. The number of Topliss-reactive ketones (excluding diaryl/α,β-unsaturated/α-hetero) is 1. The summed E-state index contributed by atoms with van der Waals surface area (Å²) < 4.78 is 17.9. The molecule has 11 heteroatoms. The molecule has 2 heterocycles. The summed E-state index contributed by atoms with van der Waals surface area (Å²) in [5.41, 5.74) is -3.30. The summed E-state index contributed by atoms with van der Waals surface area (Å²) in [5, 5.41) is 45.5. The van der Waals surface area contributed by atoms with Crippen molar-refractivity contribution in [3.63, 3.8) is 0 Å². The van der Waals surface area contributed by atoms with Crippen LogP contribution in [-0.2, 0) is 23.8 Å². The summed E-state index contributed by atoms with van der Waals surface area (Å²) in [6.45, 7) is 15.1. The average Bonchev–Trinajstić information content (AvgIpc) is 2.90. The summed E-state index contributed by atoms with van der Waals surface area (Å²) >= 11 is 0. The standard InChI is InChI=1S/C31H58N2O9/c1-11-13-32(9)22-14-19(4)40-29(26(22)35)42-25-15-23(34)20(5)28(37)41-24(12-2)31(8,39)27(36)21(6)33(10)17-18(3)16-30(25,7)38/h18-22,24-27,29,35-36,38-39H,11-17H2,1-10H3/t18-,19-,20-,21-,22+,24-,25-,26-,27-,29+,30-,31-/m1/s1. The van der Waals surface area contributed by atoms with Crippen molar-refractivity contribution in [1.29, 1.82) is 0 Å². The second-order valence-corrected chi connectivity index (χ2v) is 13.5. The maximum absolute atomic E-state index is 13.5. The highest BCUT2D eigenvalue weighted by Gasteiger charge is 2.47. The van der Waals surface area contributed by atoms with Gasteiger partial charge in [-0.05, 0) is 86.9 Å². The van der Waals surface area contributed by atoms with Gasteiger partial charge in [0.05, 0.1) is 17.8 Å². The van der Waals surface area contributed by atoms with Gasteiger partial charge in [-0.25, -0.2) is 0 Å². The highest BCUT2D eigenvalue weighted by Crippen LogP contribution is 2.33. The van der Waals surface area contributed by atoms with Gasteiger partial charge in [-0.1, -0.05) is 20.8 Å². The number of rotatable bonds is 6. The third-order valence-electron chi connectivity index (χ3n) is 9.36. The summed E-state index contributed by atoms with van der Waals surface area (Å²) in [6, 6.07) is -0.740. The zero-order chi connectivity index (χ0) is 32.2. The molecular weight excluding hydrogens is 544 g/mol. The van der Waals surface area contributed by atoms with Crippen LogP contribution in [0.1, 0.15) is 87.5 Å². The molecule has 0 aliphatic carbocycles. The normalized spacial score (nSPS) is 44.0. The van der Waals surface area contributed by atoms with Crippen LogP contribution in [-0.4, -0.2) is 129 Å². The Kier molecular flexibility index (Phi) is 13.4. The average molecular weight is 603 g/mol. The molecule has 0 saturated carbocycles. The van der Waals surface area contributed by atoms with Gasteiger partial charge < -0.3 is 44.4 Å². The van der Waals surface area contributed by atoms with Crippen molar-refractivity contribution in [2.75, 3.05) is 27.2 Å². The number of carbonyl (C=O) groups is 2. The van der Waals surface area contributed by atoms with E-state index in [-0.39, 0.29) is 37.3 Å². The molecule has 2 fully saturated rings. The predicted octanol–water partition coefficient (Wildman–Crippen LogP) is 1.72. The fraction of sp³-hybridized carbons (Fsp3) is 0.935. The third-order valence-corrected chi connectivity index (χ3v) is 9.36. The molecule has 11 nitrogen and oxygen atoms in total. The van der Waals surface area contributed by atoms with Crippen molar-refractivity contribution in [2.24, 2.45) is 11.8 Å². The SMILES string of the molecule is CCCN(C)[C@H]1C[C@@H](C)O[C@@H](O[C@@H]2CC(=O)[C@@H](C)C(=O)O[C@H](CC)[C@@](C)(O)[C@H](O)[C@@H](C)N(C)C[C@H](C)C[C@@]2(C)O)[C@@H]1O. The molecule has 0 unspecified atom stereocenters. The van der Waals surface area contributed by atoms with Crippen LogP contribution in [0.3, 0.4) is 0 Å². The minimum atomic E-state index is -1.77. The van der Waals surface area contributed by atoms with E-state index < -0.39 is 65.6 Å². The number of nitrogens with zero attached hydrogens (tertiary/aromatic N) is 2. The van der Waals surface area contributed by atoms with E-state index >= 15 is 0 Å².